The number of hydrogen-bond acceptors (Lipinski definition) is 6. The number of carbonyl (C=O) groups is 1. The molecule has 0 saturated carbocycles. The standard InChI is InChI=1S/C21H25ClN2O5S2/c1-2-29-18-8-7-16(15-20(18)31(26,27)24-10-12-28-13-11-24)23-21(25)9-14-30-19-6-4-3-5-17(19)22/h3-8,15H,2,9-14H2,1H3,(H,23,25). The summed E-state index contributed by atoms with van der Waals surface area (Å²) in [6, 6.07) is 12.1. The van der Waals surface area contributed by atoms with Crippen molar-refractivity contribution >= 4 is 45.0 Å². The summed E-state index contributed by atoms with van der Waals surface area (Å²) < 4.78 is 38.5. The zero-order chi connectivity index (χ0) is 22.3. The summed E-state index contributed by atoms with van der Waals surface area (Å²) in [4.78, 5) is 13.4. The Hall–Kier alpha value is -1.78. The molecule has 1 aliphatic heterocycles. The quantitative estimate of drug-likeness (QED) is 0.544. The van der Waals surface area contributed by atoms with Gasteiger partial charge in [-0.1, -0.05) is 23.7 Å². The number of benzene rings is 2. The van der Waals surface area contributed by atoms with Gasteiger partial charge < -0.3 is 14.8 Å². The van der Waals surface area contributed by atoms with E-state index in [4.69, 9.17) is 21.1 Å². The van der Waals surface area contributed by atoms with Gasteiger partial charge in [-0.25, -0.2) is 8.42 Å². The van der Waals surface area contributed by atoms with Crippen molar-refractivity contribution in [1.82, 2.24) is 4.31 Å². The first-order chi connectivity index (χ1) is 14.9. The van der Waals surface area contributed by atoms with Gasteiger partial charge in [0.05, 0.1) is 24.8 Å². The molecule has 1 heterocycles. The second-order valence-electron chi connectivity index (χ2n) is 6.69. The average molecular weight is 485 g/mol. The van der Waals surface area contributed by atoms with E-state index in [0.717, 1.165) is 4.90 Å². The van der Waals surface area contributed by atoms with Gasteiger partial charge in [0.1, 0.15) is 10.6 Å². The Balaban J connectivity index is 1.69. The third-order valence-corrected chi connectivity index (χ3v) is 7.98. The summed E-state index contributed by atoms with van der Waals surface area (Å²) in [5.41, 5.74) is 0.406. The number of hydrogen-bond donors (Lipinski definition) is 1. The van der Waals surface area contributed by atoms with E-state index < -0.39 is 10.0 Å². The van der Waals surface area contributed by atoms with E-state index in [0.29, 0.717) is 36.3 Å². The molecule has 7 nitrogen and oxygen atoms in total. The van der Waals surface area contributed by atoms with Gasteiger partial charge in [-0.2, -0.15) is 4.31 Å². The molecule has 0 spiro atoms. The molecule has 0 radical (unpaired) electrons. The Kier molecular flexibility index (Phi) is 8.62. The molecular weight excluding hydrogens is 460 g/mol. The Labute approximate surface area is 192 Å². The third kappa shape index (κ3) is 6.36. The molecule has 0 unspecified atom stereocenters. The van der Waals surface area contributed by atoms with Crippen LogP contribution in [0.15, 0.2) is 52.3 Å². The number of nitrogens with zero attached hydrogens (tertiary/aromatic N) is 1. The van der Waals surface area contributed by atoms with Crippen LogP contribution in [0, 0.1) is 0 Å². The summed E-state index contributed by atoms with van der Waals surface area (Å²) in [5.74, 6) is 0.602. The SMILES string of the molecule is CCOc1ccc(NC(=O)CCSc2ccccc2Cl)cc1S(=O)(=O)N1CCOCC1. The third-order valence-electron chi connectivity index (χ3n) is 4.54. The normalized spacial score (nSPS) is 14.9. The molecule has 1 N–H and O–H groups in total. The molecule has 0 aromatic heterocycles. The fourth-order valence-electron chi connectivity index (χ4n) is 3.03. The molecule has 1 fully saturated rings. The maximum absolute atomic E-state index is 13.1. The lowest BCUT2D eigenvalue weighted by Crippen LogP contribution is -2.40. The summed E-state index contributed by atoms with van der Waals surface area (Å²) in [7, 11) is -3.77. The van der Waals surface area contributed by atoms with E-state index in [1.165, 1.54) is 22.1 Å². The van der Waals surface area contributed by atoms with Crippen molar-refractivity contribution in [3.63, 3.8) is 0 Å². The second kappa shape index (κ2) is 11.2. The summed E-state index contributed by atoms with van der Waals surface area (Å²) in [5, 5.41) is 3.43. The number of anilines is 1. The Morgan fingerprint density at radius 3 is 2.68 bits per heavy atom. The van der Waals surface area contributed by atoms with Crippen molar-refractivity contribution in [3.05, 3.63) is 47.5 Å². The van der Waals surface area contributed by atoms with E-state index >= 15 is 0 Å². The number of rotatable bonds is 9. The fourth-order valence-corrected chi connectivity index (χ4v) is 5.78. The van der Waals surface area contributed by atoms with Crippen LogP contribution in [0.1, 0.15) is 13.3 Å². The maximum atomic E-state index is 13.1. The zero-order valence-corrected chi connectivity index (χ0v) is 19.6. The summed E-state index contributed by atoms with van der Waals surface area (Å²) >= 11 is 7.63. The average Bonchev–Trinajstić information content (AvgIpc) is 2.77. The van der Waals surface area contributed by atoms with E-state index in [1.54, 1.807) is 25.1 Å². The lowest BCUT2D eigenvalue weighted by atomic mass is 10.3. The van der Waals surface area contributed by atoms with Crippen LogP contribution < -0.4 is 10.1 Å². The van der Waals surface area contributed by atoms with Gasteiger partial charge in [0.2, 0.25) is 15.9 Å². The highest BCUT2D eigenvalue weighted by atomic mass is 35.5. The number of ether oxygens (including phenoxy) is 2. The van der Waals surface area contributed by atoms with Crippen LogP contribution in [-0.2, 0) is 19.6 Å². The van der Waals surface area contributed by atoms with Crippen molar-refractivity contribution < 1.29 is 22.7 Å². The highest BCUT2D eigenvalue weighted by Crippen LogP contribution is 2.31. The topological polar surface area (TPSA) is 84.9 Å². The van der Waals surface area contributed by atoms with Gasteiger partial charge in [0, 0.05) is 35.8 Å². The van der Waals surface area contributed by atoms with Crippen molar-refractivity contribution in [1.29, 1.82) is 0 Å². The first-order valence-corrected chi connectivity index (χ1v) is 12.7. The molecule has 1 aliphatic rings. The van der Waals surface area contributed by atoms with Crippen LogP contribution in [0.4, 0.5) is 5.69 Å². The van der Waals surface area contributed by atoms with E-state index in [2.05, 4.69) is 5.32 Å². The zero-order valence-electron chi connectivity index (χ0n) is 17.2. The smallest absolute Gasteiger partial charge is 0.246 e. The molecule has 3 rings (SSSR count). The molecule has 1 amide bonds. The van der Waals surface area contributed by atoms with Crippen LogP contribution >= 0.6 is 23.4 Å². The number of nitrogens with one attached hydrogen (secondary N) is 1. The number of sulfonamides is 1. The van der Waals surface area contributed by atoms with Crippen LogP contribution in [-0.4, -0.2) is 57.3 Å². The van der Waals surface area contributed by atoms with Crippen molar-refractivity contribution in [2.45, 2.75) is 23.1 Å². The molecule has 2 aromatic carbocycles. The van der Waals surface area contributed by atoms with Gasteiger partial charge in [0.15, 0.2) is 0 Å². The van der Waals surface area contributed by atoms with Crippen molar-refractivity contribution in [3.8, 4) is 5.75 Å². The second-order valence-corrected chi connectivity index (χ2v) is 10.1. The van der Waals surface area contributed by atoms with Gasteiger partial charge in [-0.3, -0.25) is 4.79 Å². The van der Waals surface area contributed by atoms with Gasteiger partial charge in [-0.05, 0) is 37.3 Å². The van der Waals surface area contributed by atoms with Crippen molar-refractivity contribution in [2.24, 2.45) is 0 Å². The first-order valence-electron chi connectivity index (χ1n) is 9.93. The summed E-state index contributed by atoms with van der Waals surface area (Å²) in [6.07, 6.45) is 0.259. The molecule has 0 bridgehead atoms. The number of amides is 1. The molecule has 0 aliphatic carbocycles. The fraction of sp³-hybridized carbons (Fsp3) is 0.381. The minimum absolute atomic E-state index is 0.0412. The summed E-state index contributed by atoms with van der Waals surface area (Å²) in [6.45, 7) is 3.38. The van der Waals surface area contributed by atoms with Crippen LogP contribution in [0.25, 0.3) is 0 Å². The van der Waals surface area contributed by atoms with Crippen LogP contribution in [0.5, 0.6) is 5.75 Å². The van der Waals surface area contributed by atoms with Gasteiger partial charge in [0.25, 0.3) is 0 Å². The van der Waals surface area contributed by atoms with Gasteiger partial charge in [-0.15, -0.1) is 11.8 Å². The maximum Gasteiger partial charge on any atom is 0.246 e. The highest BCUT2D eigenvalue weighted by molar-refractivity contribution is 7.99. The molecule has 31 heavy (non-hydrogen) atoms. The monoisotopic (exact) mass is 484 g/mol. The lowest BCUT2D eigenvalue weighted by molar-refractivity contribution is -0.115. The molecule has 2 aromatic rings. The van der Waals surface area contributed by atoms with Gasteiger partial charge >= 0.3 is 0 Å². The minimum Gasteiger partial charge on any atom is -0.492 e. The minimum atomic E-state index is -3.77. The largest absolute Gasteiger partial charge is 0.492 e. The number of thioether (sulfide) groups is 1. The molecule has 1 saturated heterocycles. The number of halogens is 1. The van der Waals surface area contributed by atoms with Crippen LogP contribution in [0.3, 0.4) is 0 Å². The predicted octanol–water partition coefficient (Wildman–Crippen LogP) is 3.88. The predicted molar refractivity (Wildman–Crippen MR) is 123 cm³/mol. The number of carbonyl (C=O) groups excluding carboxylic acids is 1. The lowest BCUT2D eigenvalue weighted by Gasteiger charge is -2.27. The van der Waals surface area contributed by atoms with E-state index in [-0.39, 0.29) is 36.1 Å². The van der Waals surface area contributed by atoms with E-state index in [9.17, 15) is 13.2 Å². The Morgan fingerprint density at radius 1 is 1.23 bits per heavy atom. The molecule has 10 heteroatoms. The molecular formula is C21H25ClN2O5S2. The molecule has 168 valence electrons. The van der Waals surface area contributed by atoms with Crippen molar-refractivity contribution in [2.75, 3.05) is 44.0 Å². The van der Waals surface area contributed by atoms with E-state index in [1.807, 2.05) is 18.2 Å². The van der Waals surface area contributed by atoms with Crippen LogP contribution in [0.2, 0.25) is 5.02 Å². The highest BCUT2D eigenvalue weighted by Gasteiger charge is 2.29. The Bertz CT molecular complexity index is 1010. The number of morpholine rings is 1. The Morgan fingerprint density at radius 2 is 1.97 bits per heavy atom. The molecule has 0 atom stereocenters. The first kappa shape index (κ1) is 23.9.